The lowest BCUT2D eigenvalue weighted by atomic mass is 10.1. The summed E-state index contributed by atoms with van der Waals surface area (Å²) in [6.45, 7) is 7.79. The first-order valence-corrected chi connectivity index (χ1v) is 7.97. The zero-order valence-electron chi connectivity index (χ0n) is 14.8. The average molecular weight is 342 g/mol. The molecule has 1 heterocycles. The Bertz CT molecular complexity index is 752. The molecule has 0 radical (unpaired) electrons. The van der Waals surface area contributed by atoms with Crippen LogP contribution in [0.4, 0.5) is 11.5 Å². The number of esters is 1. The SMILES string of the molecule is CCOC(=O)c1ccc(Nc2cc(C(=O)NC(C)(C)C)ncn2)cc1. The number of aromatic nitrogens is 2. The molecule has 0 aliphatic heterocycles. The molecule has 0 aliphatic rings. The van der Waals surface area contributed by atoms with Gasteiger partial charge in [0.05, 0.1) is 12.2 Å². The summed E-state index contributed by atoms with van der Waals surface area (Å²) in [6.07, 6.45) is 1.33. The molecule has 1 aromatic heterocycles. The fraction of sp³-hybridized carbons (Fsp3) is 0.333. The van der Waals surface area contributed by atoms with Crippen LogP contribution in [0.2, 0.25) is 0 Å². The second-order valence-corrected chi connectivity index (χ2v) is 6.42. The molecule has 0 saturated heterocycles. The maximum atomic E-state index is 12.2. The normalized spacial score (nSPS) is 10.9. The smallest absolute Gasteiger partial charge is 0.338 e. The van der Waals surface area contributed by atoms with Gasteiger partial charge in [-0.2, -0.15) is 0 Å². The Morgan fingerprint density at radius 3 is 2.40 bits per heavy atom. The lowest BCUT2D eigenvalue weighted by Crippen LogP contribution is -2.40. The van der Waals surface area contributed by atoms with Gasteiger partial charge in [-0.25, -0.2) is 14.8 Å². The Morgan fingerprint density at radius 2 is 1.80 bits per heavy atom. The molecule has 0 fully saturated rings. The van der Waals surface area contributed by atoms with Crippen molar-refractivity contribution < 1.29 is 14.3 Å². The Hall–Kier alpha value is -2.96. The second-order valence-electron chi connectivity index (χ2n) is 6.42. The molecule has 2 rings (SSSR count). The molecule has 0 saturated carbocycles. The monoisotopic (exact) mass is 342 g/mol. The van der Waals surface area contributed by atoms with E-state index in [0.29, 0.717) is 18.0 Å². The van der Waals surface area contributed by atoms with Crippen LogP contribution in [-0.2, 0) is 4.74 Å². The Balaban J connectivity index is 2.09. The van der Waals surface area contributed by atoms with Gasteiger partial charge in [-0.15, -0.1) is 0 Å². The lowest BCUT2D eigenvalue weighted by molar-refractivity contribution is 0.0526. The summed E-state index contributed by atoms with van der Waals surface area (Å²) < 4.78 is 4.94. The highest BCUT2D eigenvalue weighted by Gasteiger charge is 2.16. The molecule has 1 aromatic carbocycles. The Kier molecular flexibility index (Phi) is 5.69. The van der Waals surface area contributed by atoms with E-state index in [1.165, 1.54) is 6.33 Å². The van der Waals surface area contributed by atoms with E-state index in [2.05, 4.69) is 20.6 Å². The Morgan fingerprint density at radius 1 is 1.12 bits per heavy atom. The number of hydrogen-bond donors (Lipinski definition) is 2. The molecule has 0 unspecified atom stereocenters. The second kappa shape index (κ2) is 7.74. The highest BCUT2D eigenvalue weighted by Crippen LogP contribution is 2.16. The molecule has 25 heavy (non-hydrogen) atoms. The average Bonchev–Trinajstić information content (AvgIpc) is 2.54. The first-order valence-electron chi connectivity index (χ1n) is 7.97. The Labute approximate surface area is 146 Å². The maximum Gasteiger partial charge on any atom is 0.338 e. The zero-order valence-corrected chi connectivity index (χ0v) is 14.8. The van der Waals surface area contributed by atoms with Crippen LogP contribution in [0.25, 0.3) is 0 Å². The number of benzene rings is 1. The van der Waals surface area contributed by atoms with Crippen molar-refractivity contribution in [3.05, 3.63) is 47.9 Å². The van der Waals surface area contributed by atoms with E-state index < -0.39 is 0 Å². The van der Waals surface area contributed by atoms with Crippen LogP contribution in [0.1, 0.15) is 48.5 Å². The molecule has 2 aromatic rings. The minimum atomic E-state index is -0.364. The van der Waals surface area contributed by atoms with Crippen molar-refractivity contribution in [3.8, 4) is 0 Å². The van der Waals surface area contributed by atoms with E-state index in [9.17, 15) is 9.59 Å². The van der Waals surface area contributed by atoms with Crippen molar-refractivity contribution in [3.63, 3.8) is 0 Å². The number of ether oxygens (including phenoxy) is 1. The molecular formula is C18H22N4O3. The van der Waals surface area contributed by atoms with Gasteiger partial charge < -0.3 is 15.4 Å². The van der Waals surface area contributed by atoms with Crippen LogP contribution in [0.15, 0.2) is 36.7 Å². The predicted molar refractivity (Wildman–Crippen MR) is 94.9 cm³/mol. The number of rotatable bonds is 5. The molecule has 1 amide bonds. The van der Waals surface area contributed by atoms with E-state index in [4.69, 9.17) is 4.74 Å². The summed E-state index contributed by atoms with van der Waals surface area (Å²) in [6, 6.07) is 8.37. The molecule has 2 N–H and O–H groups in total. The van der Waals surface area contributed by atoms with Gasteiger partial charge in [0.2, 0.25) is 0 Å². The van der Waals surface area contributed by atoms with Crippen LogP contribution in [-0.4, -0.2) is 34.0 Å². The molecule has 0 atom stereocenters. The maximum absolute atomic E-state index is 12.2. The summed E-state index contributed by atoms with van der Waals surface area (Å²) in [4.78, 5) is 31.9. The molecule has 7 heteroatoms. The van der Waals surface area contributed by atoms with Crippen molar-refractivity contribution in [2.75, 3.05) is 11.9 Å². The number of anilines is 2. The van der Waals surface area contributed by atoms with Gasteiger partial charge in [0, 0.05) is 17.3 Å². The van der Waals surface area contributed by atoms with Crippen LogP contribution in [0.3, 0.4) is 0 Å². The van der Waals surface area contributed by atoms with Gasteiger partial charge in [0.1, 0.15) is 17.8 Å². The molecule has 7 nitrogen and oxygen atoms in total. The third kappa shape index (κ3) is 5.56. The largest absolute Gasteiger partial charge is 0.462 e. The predicted octanol–water partition coefficient (Wildman–Crippen LogP) is 2.93. The number of hydrogen-bond acceptors (Lipinski definition) is 6. The van der Waals surface area contributed by atoms with Gasteiger partial charge in [-0.05, 0) is 52.0 Å². The molecule has 0 spiro atoms. The minimum Gasteiger partial charge on any atom is -0.462 e. The molecule has 132 valence electrons. The lowest BCUT2D eigenvalue weighted by Gasteiger charge is -2.20. The number of carbonyl (C=O) groups excluding carboxylic acids is 2. The number of nitrogens with zero attached hydrogens (tertiary/aromatic N) is 2. The van der Waals surface area contributed by atoms with Gasteiger partial charge in [-0.3, -0.25) is 4.79 Å². The van der Waals surface area contributed by atoms with E-state index >= 15 is 0 Å². The van der Waals surface area contributed by atoms with E-state index in [0.717, 1.165) is 5.69 Å². The number of nitrogens with one attached hydrogen (secondary N) is 2. The fourth-order valence-corrected chi connectivity index (χ4v) is 2.01. The summed E-state index contributed by atoms with van der Waals surface area (Å²) in [5.41, 5.74) is 1.13. The summed E-state index contributed by atoms with van der Waals surface area (Å²) in [5, 5.41) is 5.93. The standard InChI is InChI=1S/C18H22N4O3/c1-5-25-17(24)12-6-8-13(9-7-12)21-15-10-14(19-11-20-15)16(23)22-18(2,3)4/h6-11H,5H2,1-4H3,(H,22,23)(H,19,20,21). The van der Waals surface area contributed by atoms with Crippen molar-refractivity contribution in [1.29, 1.82) is 0 Å². The van der Waals surface area contributed by atoms with Gasteiger partial charge >= 0.3 is 5.97 Å². The zero-order chi connectivity index (χ0) is 18.4. The molecule has 0 bridgehead atoms. The van der Waals surface area contributed by atoms with Crippen LogP contribution in [0, 0.1) is 0 Å². The van der Waals surface area contributed by atoms with Gasteiger partial charge in [-0.1, -0.05) is 0 Å². The molecule has 0 aliphatic carbocycles. The number of amides is 1. The first-order chi connectivity index (χ1) is 11.8. The van der Waals surface area contributed by atoms with Crippen molar-refractivity contribution in [2.24, 2.45) is 0 Å². The van der Waals surface area contributed by atoms with Crippen molar-refractivity contribution >= 4 is 23.4 Å². The van der Waals surface area contributed by atoms with Gasteiger partial charge in [0.25, 0.3) is 5.91 Å². The first kappa shape index (κ1) is 18.4. The van der Waals surface area contributed by atoms with Gasteiger partial charge in [0.15, 0.2) is 0 Å². The van der Waals surface area contributed by atoms with E-state index in [1.54, 1.807) is 37.3 Å². The summed E-state index contributed by atoms with van der Waals surface area (Å²) >= 11 is 0. The van der Waals surface area contributed by atoms with E-state index in [1.807, 2.05) is 20.8 Å². The third-order valence-electron chi connectivity index (χ3n) is 3.06. The number of carbonyl (C=O) groups is 2. The third-order valence-corrected chi connectivity index (χ3v) is 3.06. The highest BCUT2D eigenvalue weighted by atomic mass is 16.5. The fourth-order valence-electron chi connectivity index (χ4n) is 2.01. The van der Waals surface area contributed by atoms with E-state index in [-0.39, 0.29) is 23.1 Å². The van der Waals surface area contributed by atoms with Crippen molar-refractivity contribution in [1.82, 2.24) is 15.3 Å². The highest BCUT2D eigenvalue weighted by molar-refractivity contribution is 5.93. The molecular weight excluding hydrogens is 320 g/mol. The van der Waals surface area contributed by atoms with Crippen LogP contribution >= 0.6 is 0 Å². The summed E-state index contributed by atoms with van der Waals surface area (Å²) in [7, 11) is 0. The minimum absolute atomic E-state index is 0.268. The van der Waals surface area contributed by atoms with Crippen molar-refractivity contribution in [2.45, 2.75) is 33.2 Å². The topological polar surface area (TPSA) is 93.2 Å². The summed E-state index contributed by atoms with van der Waals surface area (Å²) in [5.74, 6) is -0.147. The van der Waals surface area contributed by atoms with Crippen LogP contribution in [0.5, 0.6) is 0 Å². The van der Waals surface area contributed by atoms with Crippen LogP contribution < -0.4 is 10.6 Å². The quantitative estimate of drug-likeness (QED) is 0.812.